The van der Waals surface area contributed by atoms with Crippen LogP contribution in [-0.4, -0.2) is 25.8 Å². The van der Waals surface area contributed by atoms with Crippen LogP contribution in [0.1, 0.15) is 55.0 Å². The van der Waals surface area contributed by atoms with Crippen molar-refractivity contribution in [3.63, 3.8) is 0 Å². The SMILES string of the molecule is CCCNC(C)c1ccc(N2CCC(c3cc(C(F)(F)F)cc(C(F)(F)F)c3)(C(F)(F)F)C2)cc1. The minimum Gasteiger partial charge on any atom is -0.370 e. The molecule has 0 saturated carbocycles. The van der Waals surface area contributed by atoms with Gasteiger partial charge in [-0.3, -0.25) is 0 Å². The molecule has 0 amide bonds. The van der Waals surface area contributed by atoms with Crippen LogP contribution in [0.5, 0.6) is 0 Å². The van der Waals surface area contributed by atoms with Gasteiger partial charge in [-0.2, -0.15) is 39.5 Å². The first kappa shape index (κ1) is 27.2. The van der Waals surface area contributed by atoms with Gasteiger partial charge in [0.05, 0.1) is 11.1 Å². The van der Waals surface area contributed by atoms with E-state index in [1.807, 2.05) is 13.8 Å². The van der Waals surface area contributed by atoms with E-state index in [9.17, 15) is 39.5 Å². The van der Waals surface area contributed by atoms with Crippen LogP contribution in [-0.2, 0) is 17.8 Å². The van der Waals surface area contributed by atoms with Crippen molar-refractivity contribution in [1.82, 2.24) is 5.32 Å². The minimum absolute atomic E-state index is 0.00254. The van der Waals surface area contributed by atoms with E-state index in [1.165, 1.54) is 4.90 Å². The highest BCUT2D eigenvalue weighted by Gasteiger charge is 2.60. The van der Waals surface area contributed by atoms with Gasteiger partial charge in [-0.25, -0.2) is 0 Å². The molecule has 2 aromatic rings. The Morgan fingerprint density at radius 1 is 0.886 bits per heavy atom. The zero-order chi connectivity index (χ0) is 26.2. The fourth-order valence-corrected chi connectivity index (χ4v) is 4.34. The lowest BCUT2D eigenvalue weighted by molar-refractivity contribution is -0.185. The number of alkyl halides is 9. The van der Waals surface area contributed by atoms with E-state index in [2.05, 4.69) is 5.32 Å². The topological polar surface area (TPSA) is 15.3 Å². The quantitative estimate of drug-likeness (QED) is 0.404. The molecule has 2 unspecified atom stereocenters. The average Bonchev–Trinajstić information content (AvgIpc) is 3.23. The standard InChI is InChI=1S/C24H25F9N2/c1-3-9-34-15(2)16-4-6-20(7-5-16)35-10-8-21(14-35,24(31,32)33)17-11-18(22(25,26)27)13-19(12-17)23(28,29)30/h4-7,11-13,15,34H,3,8-10,14H2,1-2H3. The van der Waals surface area contributed by atoms with Crippen molar-refractivity contribution in [2.45, 2.75) is 56.7 Å². The summed E-state index contributed by atoms with van der Waals surface area (Å²) in [6, 6.07) is 6.92. The number of nitrogens with zero attached hydrogens (tertiary/aromatic N) is 1. The molecular weight excluding hydrogens is 487 g/mol. The third kappa shape index (κ3) is 5.70. The summed E-state index contributed by atoms with van der Waals surface area (Å²) in [5.74, 6) is 0. The van der Waals surface area contributed by atoms with Gasteiger partial charge in [0.1, 0.15) is 5.41 Å². The summed E-state index contributed by atoms with van der Waals surface area (Å²) in [7, 11) is 0. The molecule has 0 aromatic heterocycles. The van der Waals surface area contributed by atoms with Crippen molar-refractivity contribution in [2.75, 3.05) is 24.5 Å². The number of halogens is 9. The van der Waals surface area contributed by atoms with Gasteiger partial charge in [-0.1, -0.05) is 19.1 Å². The number of hydrogen-bond acceptors (Lipinski definition) is 2. The van der Waals surface area contributed by atoms with Gasteiger partial charge in [-0.05, 0) is 67.8 Å². The molecule has 3 rings (SSSR count). The smallest absolute Gasteiger partial charge is 0.370 e. The molecule has 0 spiro atoms. The van der Waals surface area contributed by atoms with Crippen molar-refractivity contribution in [3.05, 3.63) is 64.7 Å². The second-order valence-electron chi connectivity index (χ2n) is 8.81. The van der Waals surface area contributed by atoms with Crippen LogP contribution in [0.2, 0.25) is 0 Å². The van der Waals surface area contributed by atoms with Gasteiger partial charge >= 0.3 is 18.5 Å². The molecule has 2 nitrogen and oxygen atoms in total. The normalized spacial score (nSPS) is 20.4. The molecule has 11 heteroatoms. The van der Waals surface area contributed by atoms with E-state index < -0.39 is 53.6 Å². The number of nitrogens with one attached hydrogen (secondary N) is 1. The Labute approximate surface area is 197 Å². The van der Waals surface area contributed by atoms with E-state index in [-0.39, 0.29) is 30.8 Å². The van der Waals surface area contributed by atoms with Crippen LogP contribution >= 0.6 is 0 Å². The van der Waals surface area contributed by atoms with Gasteiger partial charge in [0, 0.05) is 24.8 Å². The molecule has 1 heterocycles. The minimum atomic E-state index is -5.24. The second kappa shape index (κ2) is 9.55. The Morgan fingerprint density at radius 3 is 1.89 bits per heavy atom. The number of hydrogen-bond donors (Lipinski definition) is 1. The second-order valence-corrected chi connectivity index (χ2v) is 8.81. The Balaban J connectivity index is 2.00. The Morgan fingerprint density at radius 2 is 1.43 bits per heavy atom. The summed E-state index contributed by atoms with van der Waals surface area (Å²) in [6.07, 6.45) is -15.3. The van der Waals surface area contributed by atoms with Crippen LogP contribution in [0.25, 0.3) is 0 Å². The molecule has 1 aliphatic rings. The lowest BCUT2D eigenvalue weighted by Crippen LogP contribution is -2.45. The van der Waals surface area contributed by atoms with Crippen molar-refractivity contribution >= 4 is 5.69 Å². The Kier molecular flexibility index (Phi) is 7.41. The first-order valence-electron chi connectivity index (χ1n) is 11.0. The molecule has 0 bridgehead atoms. The number of anilines is 1. The molecule has 35 heavy (non-hydrogen) atoms. The summed E-state index contributed by atoms with van der Waals surface area (Å²) in [4.78, 5) is 1.34. The zero-order valence-corrected chi connectivity index (χ0v) is 19.0. The van der Waals surface area contributed by atoms with Crippen LogP contribution in [0.4, 0.5) is 45.2 Å². The third-order valence-corrected chi connectivity index (χ3v) is 6.41. The summed E-state index contributed by atoms with van der Waals surface area (Å²) in [5.41, 5.74) is -6.14. The molecular formula is C24H25F9N2. The third-order valence-electron chi connectivity index (χ3n) is 6.41. The van der Waals surface area contributed by atoms with Gasteiger partial charge in [-0.15, -0.1) is 0 Å². The average molecular weight is 512 g/mol. The molecule has 1 N–H and O–H groups in total. The van der Waals surface area contributed by atoms with Crippen molar-refractivity contribution in [3.8, 4) is 0 Å². The summed E-state index contributed by atoms with van der Waals surface area (Å²) in [5, 5.41) is 3.28. The summed E-state index contributed by atoms with van der Waals surface area (Å²) in [6.45, 7) is 3.74. The van der Waals surface area contributed by atoms with Crippen LogP contribution in [0.3, 0.4) is 0 Å². The van der Waals surface area contributed by atoms with E-state index in [0.29, 0.717) is 5.69 Å². The predicted molar refractivity (Wildman–Crippen MR) is 114 cm³/mol. The highest BCUT2D eigenvalue weighted by molar-refractivity contribution is 5.52. The molecule has 0 aliphatic carbocycles. The summed E-state index contributed by atoms with van der Waals surface area (Å²) < 4.78 is 123. The summed E-state index contributed by atoms with van der Waals surface area (Å²) >= 11 is 0. The van der Waals surface area contributed by atoms with Crippen LogP contribution in [0, 0.1) is 0 Å². The van der Waals surface area contributed by atoms with Gasteiger partial charge in [0.25, 0.3) is 0 Å². The largest absolute Gasteiger partial charge is 0.416 e. The van der Waals surface area contributed by atoms with Crippen LogP contribution in [0.15, 0.2) is 42.5 Å². The lowest BCUT2D eigenvalue weighted by atomic mass is 9.77. The predicted octanol–water partition coefficient (Wildman–Crippen LogP) is 7.50. The van der Waals surface area contributed by atoms with E-state index >= 15 is 0 Å². The maximum atomic E-state index is 14.3. The first-order chi connectivity index (χ1) is 16.1. The molecule has 0 radical (unpaired) electrons. The maximum Gasteiger partial charge on any atom is 0.416 e. The van der Waals surface area contributed by atoms with E-state index in [1.54, 1.807) is 24.3 Å². The van der Waals surface area contributed by atoms with Crippen LogP contribution < -0.4 is 10.2 Å². The number of rotatable bonds is 6. The highest BCUT2D eigenvalue weighted by atomic mass is 19.4. The molecule has 1 aliphatic heterocycles. The molecule has 1 fully saturated rings. The molecule has 2 atom stereocenters. The van der Waals surface area contributed by atoms with Crippen molar-refractivity contribution < 1.29 is 39.5 Å². The van der Waals surface area contributed by atoms with Gasteiger partial charge < -0.3 is 10.2 Å². The highest BCUT2D eigenvalue weighted by Crippen LogP contribution is 2.50. The number of benzene rings is 2. The zero-order valence-electron chi connectivity index (χ0n) is 19.0. The fourth-order valence-electron chi connectivity index (χ4n) is 4.34. The fraction of sp³-hybridized carbons (Fsp3) is 0.500. The lowest BCUT2D eigenvalue weighted by Gasteiger charge is -2.33. The van der Waals surface area contributed by atoms with Gasteiger partial charge in [0.15, 0.2) is 0 Å². The van der Waals surface area contributed by atoms with E-state index in [4.69, 9.17) is 0 Å². The Bertz CT molecular complexity index is 977. The van der Waals surface area contributed by atoms with Gasteiger partial charge in [0.2, 0.25) is 0 Å². The molecule has 194 valence electrons. The van der Waals surface area contributed by atoms with Crippen molar-refractivity contribution in [1.29, 1.82) is 0 Å². The first-order valence-corrected chi connectivity index (χ1v) is 11.0. The van der Waals surface area contributed by atoms with Crippen molar-refractivity contribution in [2.24, 2.45) is 0 Å². The monoisotopic (exact) mass is 512 g/mol. The molecule has 1 saturated heterocycles. The van der Waals surface area contributed by atoms with E-state index in [0.717, 1.165) is 18.5 Å². The molecule has 2 aromatic carbocycles. The Hall–Kier alpha value is -2.43. The maximum absolute atomic E-state index is 14.3.